The van der Waals surface area contributed by atoms with Gasteiger partial charge in [0.15, 0.2) is 0 Å². The van der Waals surface area contributed by atoms with E-state index < -0.39 is 5.41 Å². The topological polar surface area (TPSA) is 52.9 Å². The van der Waals surface area contributed by atoms with Crippen molar-refractivity contribution in [2.45, 2.75) is 11.8 Å². The maximum atomic E-state index is 11.4. The summed E-state index contributed by atoms with van der Waals surface area (Å²) in [5.74, 6) is -0.532. The van der Waals surface area contributed by atoms with Crippen molar-refractivity contribution >= 4 is 5.91 Å². The molecule has 0 aliphatic heterocycles. The lowest BCUT2D eigenvalue weighted by Gasteiger charge is -2.44. The number of nitriles is 1. The maximum Gasteiger partial charge on any atom is 0.243 e. The van der Waals surface area contributed by atoms with Crippen LogP contribution in [-0.4, -0.2) is 44.1 Å². The molecule has 0 saturated carbocycles. The number of nitrogens with one attached hydrogen (secondary N) is 1. The first kappa shape index (κ1) is 25.0. The maximum absolute atomic E-state index is 11.4. The zero-order valence-electron chi connectivity index (χ0n) is 20.2. The molecule has 2 aromatic carbocycles. The Morgan fingerprint density at radius 1 is 1.06 bits per heavy atom. The van der Waals surface area contributed by atoms with Crippen molar-refractivity contribution in [1.82, 2.24) is 5.32 Å². The van der Waals surface area contributed by atoms with E-state index in [0.717, 1.165) is 41.8 Å². The zero-order chi connectivity index (χ0) is 24.6. The van der Waals surface area contributed by atoms with Crippen LogP contribution in [0.1, 0.15) is 17.5 Å². The molecule has 3 rings (SSSR count). The third-order valence-electron chi connectivity index (χ3n) is 6.58. The summed E-state index contributed by atoms with van der Waals surface area (Å²) >= 11 is 0. The van der Waals surface area contributed by atoms with Crippen molar-refractivity contribution in [3.63, 3.8) is 0 Å². The quantitative estimate of drug-likeness (QED) is 0.316. The highest BCUT2D eigenvalue weighted by Gasteiger charge is 2.48. The Labute approximate surface area is 203 Å². The van der Waals surface area contributed by atoms with Gasteiger partial charge in [0.05, 0.1) is 38.0 Å². The Morgan fingerprint density at radius 2 is 1.65 bits per heavy atom. The van der Waals surface area contributed by atoms with E-state index in [1.165, 1.54) is 6.08 Å². The molecule has 4 heteroatoms. The van der Waals surface area contributed by atoms with Gasteiger partial charge in [-0.3, -0.25) is 4.79 Å². The van der Waals surface area contributed by atoms with Gasteiger partial charge in [0.25, 0.3) is 0 Å². The van der Waals surface area contributed by atoms with Crippen molar-refractivity contribution < 1.29 is 9.28 Å². The van der Waals surface area contributed by atoms with E-state index >= 15 is 0 Å². The minimum Gasteiger partial charge on any atom is -0.352 e. The van der Waals surface area contributed by atoms with Crippen LogP contribution in [0.25, 0.3) is 0 Å². The predicted molar refractivity (Wildman–Crippen MR) is 139 cm³/mol. The van der Waals surface area contributed by atoms with Crippen LogP contribution in [0.4, 0.5) is 0 Å². The molecule has 0 radical (unpaired) electrons. The van der Waals surface area contributed by atoms with E-state index in [-0.39, 0.29) is 11.8 Å². The van der Waals surface area contributed by atoms with Crippen LogP contribution in [0, 0.1) is 17.2 Å². The number of allylic oxidation sites excluding steroid dienone is 4. The molecule has 1 unspecified atom stereocenters. The number of rotatable bonds is 10. The lowest BCUT2D eigenvalue weighted by Crippen LogP contribution is -2.47. The van der Waals surface area contributed by atoms with Gasteiger partial charge in [0, 0.05) is 18.5 Å². The van der Waals surface area contributed by atoms with Crippen molar-refractivity contribution in [1.29, 1.82) is 5.26 Å². The van der Waals surface area contributed by atoms with Crippen LogP contribution < -0.4 is 5.32 Å². The van der Waals surface area contributed by atoms with Crippen LogP contribution in [0.3, 0.4) is 0 Å². The molecular weight excluding hydrogens is 418 g/mol. The van der Waals surface area contributed by atoms with Gasteiger partial charge in [-0.15, -0.1) is 0 Å². The number of carbonyl (C=O) groups excluding carboxylic acids is 1. The van der Waals surface area contributed by atoms with Crippen LogP contribution in [0.2, 0.25) is 0 Å². The molecule has 1 amide bonds. The molecule has 1 N–H and O–H groups in total. The second-order valence-electron chi connectivity index (χ2n) is 9.34. The fourth-order valence-corrected chi connectivity index (χ4v) is 5.02. The van der Waals surface area contributed by atoms with Gasteiger partial charge < -0.3 is 9.80 Å². The van der Waals surface area contributed by atoms with Gasteiger partial charge in [0.2, 0.25) is 5.91 Å². The van der Waals surface area contributed by atoms with Gasteiger partial charge in [-0.25, -0.2) is 0 Å². The highest BCUT2D eigenvalue weighted by molar-refractivity contribution is 5.86. The Morgan fingerprint density at radius 3 is 2.15 bits per heavy atom. The summed E-state index contributed by atoms with van der Waals surface area (Å²) in [5, 5.41) is 13.5. The zero-order valence-corrected chi connectivity index (χ0v) is 20.2. The monoisotopic (exact) mass is 452 g/mol. The lowest BCUT2D eigenvalue weighted by atomic mass is 9.58. The van der Waals surface area contributed by atoms with E-state index in [9.17, 15) is 10.1 Å². The number of carbonyl (C=O) groups is 1. The highest BCUT2D eigenvalue weighted by atomic mass is 16.1. The Balaban J connectivity index is 2.00. The Bertz CT molecular complexity index is 1080. The predicted octanol–water partition coefficient (Wildman–Crippen LogP) is 4.93. The van der Waals surface area contributed by atoms with Crippen molar-refractivity contribution in [2.75, 3.05) is 33.7 Å². The second-order valence-corrected chi connectivity index (χ2v) is 9.34. The van der Waals surface area contributed by atoms with Crippen LogP contribution in [0.5, 0.6) is 0 Å². The van der Waals surface area contributed by atoms with Gasteiger partial charge >= 0.3 is 0 Å². The van der Waals surface area contributed by atoms with E-state index in [1.54, 1.807) is 0 Å². The van der Waals surface area contributed by atoms with Crippen LogP contribution in [-0.2, 0) is 10.2 Å². The van der Waals surface area contributed by atoms with Gasteiger partial charge in [-0.1, -0.05) is 92.0 Å². The molecule has 4 nitrogen and oxygen atoms in total. The third kappa shape index (κ3) is 5.11. The molecule has 34 heavy (non-hydrogen) atoms. The normalized spacial score (nSPS) is 17.0. The SMILES string of the molecule is C=CC(=O)NCCC[N+](C)(C)CC1=CC=C(C=C)C(c2ccccc2)(c2ccccc2)C1C#N. The molecule has 0 heterocycles. The minimum atomic E-state index is -0.638. The highest BCUT2D eigenvalue weighted by Crippen LogP contribution is 2.50. The molecule has 0 spiro atoms. The standard InChI is InChI=1S/C30H33N3O/c1-5-25-19-18-24(23-33(3,4)21-13-20-32-29(34)6-2)28(22-31)30(25,26-14-9-7-10-15-26)27-16-11-8-12-17-27/h5-12,14-19,28H,1-2,13,20-21,23H2,3-4H3/p+1. The summed E-state index contributed by atoms with van der Waals surface area (Å²) in [4.78, 5) is 11.4. The average Bonchev–Trinajstić information content (AvgIpc) is 2.86. The Kier molecular flexibility index (Phi) is 8.04. The molecule has 0 saturated heterocycles. The number of likely N-dealkylation sites (N-methyl/N-ethyl adjacent to an activating group) is 1. The van der Waals surface area contributed by atoms with E-state index in [1.807, 2.05) is 42.5 Å². The van der Waals surface area contributed by atoms with Gasteiger partial charge in [-0.2, -0.15) is 5.26 Å². The number of benzene rings is 2. The summed E-state index contributed by atoms with van der Waals surface area (Å²) in [6.45, 7) is 9.82. The molecule has 0 fully saturated rings. The van der Waals surface area contributed by atoms with E-state index in [4.69, 9.17) is 0 Å². The van der Waals surface area contributed by atoms with Crippen LogP contribution >= 0.6 is 0 Å². The molecule has 0 aromatic heterocycles. The third-order valence-corrected chi connectivity index (χ3v) is 6.58. The number of quaternary nitrogens is 1. The summed E-state index contributed by atoms with van der Waals surface area (Å²) in [6, 6.07) is 23.3. The molecule has 1 aliphatic carbocycles. The second kappa shape index (κ2) is 11.0. The molecule has 1 atom stereocenters. The first-order valence-electron chi connectivity index (χ1n) is 11.7. The average molecular weight is 453 g/mol. The summed E-state index contributed by atoms with van der Waals surface area (Å²) in [7, 11) is 4.34. The van der Waals surface area contributed by atoms with Crippen molar-refractivity contribution in [3.8, 4) is 6.07 Å². The number of hydrogen-bond acceptors (Lipinski definition) is 2. The smallest absolute Gasteiger partial charge is 0.243 e. The largest absolute Gasteiger partial charge is 0.352 e. The van der Waals surface area contributed by atoms with Crippen molar-refractivity contribution in [3.05, 3.63) is 120 Å². The van der Waals surface area contributed by atoms with Crippen LogP contribution in [0.15, 0.2) is 109 Å². The molecule has 174 valence electrons. The van der Waals surface area contributed by atoms with Crippen molar-refractivity contribution in [2.24, 2.45) is 5.92 Å². The number of hydrogen-bond donors (Lipinski definition) is 1. The van der Waals surface area contributed by atoms with E-state index in [2.05, 4.69) is 75.1 Å². The fraction of sp³-hybridized carbons (Fsp3) is 0.267. The lowest BCUT2D eigenvalue weighted by molar-refractivity contribution is -0.886. The van der Waals surface area contributed by atoms with Gasteiger partial charge in [-0.05, 0) is 22.8 Å². The molecule has 1 aliphatic rings. The minimum absolute atomic E-state index is 0.151. The Hall–Kier alpha value is -3.68. The molecule has 2 aromatic rings. The summed E-state index contributed by atoms with van der Waals surface area (Å²) in [6.07, 6.45) is 8.25. The summed E-state index contributed by atoms with van der Waals surface area (Å²) < 4.78 is 0.713. The number of nitrogens with zero attached hydrogens (tertiary/aromatic N) is 2. The summed E-state index contributed by atoms with van der Waals surface area (Å²) in [5.41, 5.74) is 3.66. The first-order valence-corrected chi connectivity index (χ1v) is 11.7. The van der Waals surface area contributed by atoms with E-state index in [0.29, 0.717) is 11.0 Å². The van der Waals surface area contributed by atoms with Gasteiger partial charge in [0.1, 0.15) is 6.54 Å². The number of amides is 1. The molecule has 0 bridgehead atoms. The molecular formula is C30H34N3O+. The first-order chi connectivity index (χ1) is 16.4. The fourth-order valence-electron chi connectivity index (χ4n) is 5.02.